The number of nitrogens with zero attached hydrogens (tertiary/aromatic N) is 4. The van der Waals surface area contributed by atoms with Crippen molar-refractivity contribution < 1.29 is 4.74 Å². The summed E-state index contributed by atoms with van der Waals surface area (Å²) in [6.07, 6.45) is 1.67. The Bertz CT molecular complexity index is 538. The van der Waals surface area contributed by atoms with Crippen LogP contribution in [0.15, 0.2) is 6.33 Å². The minimum absolute atomic E-state index is 0.132. The van der Waals surface area contributed by atoms with Crippen LogP contribution >= 0.6 is 0 Å². The summed E-state index contributed by atoms with van der Waals surface area (Å²) >= 11 is 0. The van der Waals surface area contributed by atoms with Gasteiger partial charge in [-0.25, -0.2) is 4.98 Å². The SMILES string of the molecule is COc1nc(=N)n(C)c2ncn(C)c12. The van der Waals surface area contributed by atoms with Crippen LogP contribution in [0.2, 0.25) is 0 Å². The van der Waals surface area contributed by atoms with Crippen molar-refractivity contribution in [1.82, 2.24) is 19.1 Å². The highest BCUT2D eigenvalue weighted by molar-refractivity contribution is 5.76. The zero-order valence-corrected chi connectivity index (χ0v) is 8.27. The molecular weight excluding hydrogens is 182 g/mol. The average Bonchev–Trinajstić information content (AvgIpc) is 2.55. The zero-order valence-electron chi connectivity index (χ0n) is 8.27. The maximum Gasteiger partial charge on any atom is 0.244 e. The summed E-state index contributed by atoms with van der Waals surface area (Å²) in [5.74, 6) is 0.433. The topological polar surface area (TPSA) is 68.7 Å². The molecule has 0 aliphatic rings. The highest BCUT2D eigenvalue weighted by atomic mass is 16.5. The van der Waals surface area contributed by atoms with Crippen molar-refractivity contribution in [3.05, 3.63) is 11.9 Å². The van der Waals surface area contributed by atoms with Crippen molar-refractivity contribution in [2.75, 3.05) is 7.11 Å². The van der Waals surface area contributed by atoms with Crippen molar-refractivity contribution in [3.63, 3.8) is 0 Å². The molecule has 0 bridgehead atoms. The third-order valence-electron chi connectivity index (χ3n) is 2.16. The van der Waals surface area contributed by atoms with Gasteiger partial charge in [0, 0.05) is 14.1 Å². The number of hydrogen-bond acceptors (Lipinski definition) is 4. The average molecular weight is 193 g/mol. The normalized spacial score (nSPS) is 10.8. The largest absolute Gasteiger partial charge is 0.479 e. The van der Waals surface area contributed by atoms with Crippen LogP contribution in [0.1, 0.15) is 0 Å². The lowest BCUT2D eigenvalue weighted by atomic mass is 10.5. The highest BCUT2D eigenvalue weighted by Gasteiger charge is 2.11. The van der Waals surface area contributed by atoms with Crippen LogP contribution in [0.3, 0.4) is 0 Å². The van der Waals surface area contributed by atoms with Crippen LogP contribution in [0.5, 0.6) is 5.88 Å². The first-order valence-electron chi connectivity index (χ1n) is 4.11. The zero-order chi connectivity index (χ0) is 10.3. The van der Waals surface area contributed by atoms with Crippen molar-refractivity contribution in [1.29, 1.82) is 5.41 Å². The summed E-state index contributed by atoms with van der Waals surface area (Å²) in [4.78, 5) is 8.17. The molecule has 2 aromatic heterocycles. The first-order valence-corrected chi connectivity index (χ1v) is 4.11. The Labute approximate surface area is 80.3 Å². The van der Waals surface area contributed by atoms with E-state index in [0.29, 0.717) is 11.5 Å². The Kier molecular flexibility index (Phi) is 1.77. The first-order chi connectivity index (χ1) is 6.65. The maximum atomic E-state index is 7.58. The van der Waals surface area contributed by atoms with Crippen LogP contribution in [-0.2, 0) is 14.1 Å². The predicted molar refractivity (Wildman–Crippen MR) is 49.9 cm³/mol. The molecular formula is C8H11N5O. The number of fused-ring (bicyclic) bond motifs is 1. The summed E-state index contributed by atoms with van der Waals surface area (Å²) in [6, 6.07) is 0. The fourth-order valence-electron chi connectivity index (χ4n) is 1.38. The van der Waals surface area contributed by atoms with E-state index < -0.39 is 0 Å². The molecule has 0 unspecified atom stereocenters. The number of aryl methyl sites for hydroxylation is 2. The van der Waals surface area contributed by atoms with Crippen molar-refractivity contribution in [2.24, 2.45) is 14.1 Å². The fourth-order valence-corrected chi connectivity index (χ4v) is 1.38. The molecule has 0 amide bonds. The van der Waals surface area contributed by atoms with E-state index >= 15 is 0 Å². The van der Waals surface area contributed by atoms with Gasteiger partial charge in [0.05, 0.1) is 13.4 Å². The number of hydrogen-bond donors (Lipinski definition) is 1. The van der Waals surface area contributed by atoms with Crippen molar-refractivity contribution >= 4 is 11.2 Å². The van der Waals surface area contributed by atoms with Gasteiger partial charge in [0.15, 0.2) is 5.65 Å². The molecule has 0 radical (unpaired) electrons. The van der Waals surface area contributed by atoms with Gasteiger partial charge in [0.1, 0.15) is 5.52 Å². The Morgan fingerprint density at radius 3 is 2.79 bits per heavy atom. The number of nitrogens with one attached hydrogen (secondary N) is 1. The molecule has 0 spiro atoms. The number of methoxy groups -OCH3 is 1. The predicted octanol–water partition coefficient (Wildman–Crippen LogP) is -0.205. The van der Waals surface area contributed by atoms with Gasteiger partial charge in [0.25, 0.3) is 0 Å². The van der Waals surface area contributed by atoms with E-state index in [1.807, 2.05) is 11.6 Å². The summed E-state index contributed by atoms with van der Waals surface area (Å²) in [7, 11) is 5.15. The molecule has 14 heavy (non-hydrogen) atoms. The summed E-state index contributed by atoms with van der Waals surface area (Å²) in [6.45, 7) is 0. The molecule has 0 aliphatic carbocycles. The lowest BCUT2D eigenvalue weighted by molar-refractivity contribution is 0.396. The van der Waals surface area contributed by atoms with Crippen LogP contribution in [0.4, 0.5) is 0 Å². The van der Waals surface area contributed by atoms with Crippen molar-refractivity contribution in [3.8, 4) is 5.88 Å². The van der Waals surface area contributed by atoms with Gasteiger partial charge in [-0.3, -0.25) is 9.98 Å². The lowest BCUT2D eigenvalue weighted by Gasteiger charge is -2.05. The molecule has 0 fully saturated rings. The second kappa shape index (κ2) is 2.83. The van der Waals surface area contributed by atoms with Crippen molar-refractivity contribution in [2.45, 2.75) is 0 Å². The molecule has 0 aliphatic heterocycles. The van der Waals surface area contributed by atoms with E-state index in [4.69, 9.17) is 10.1 Å². The van der Waals surface area contributed by atoms with E-state index in [1.165, 1.54) is 7.11 Å². The van der Waals surface area contributed by atoms with Gasteiger partial charge < -0.3 is 9.30 Å². The summed E-state index contributed by atoms with van der Waals surface area (Å²) in [5, 5.41) is 7.58. The highest BCUT2D eigenvalue weighted by Crippen LogP contribution is 2.18. The van der Waals surface area contributed by atoms with Crippen LogP contribution < -0.4 is 10.4 Å². The van der Waals surface area contributed by atoms with E-state index in [2.05, 4.69) is 9.97 Å². The molecule has 0 saturated heterocycles. The molecule has 1 N–H and O–H groups in total. The van der Waals surface area contributed by atoms with E-state index in [0.717, 1.165) is 5.52 Å². The summed E-state index contributed by atoms with van der Waals surface area (Å²) in [5.41, 5.74) is 1.63. The molecule has 2 rings (SSSR count). The number of rotatable bonds is 1. The monoisotopic (exact) mass is 193 g/mol. The number of imidazole rings is 1. The van der Waals surface area contributed by atoms with Gasteiger partial charge in [-0.1, -0.05) is 0 Å². The molecule has 2 heterocycles. The molecule has 74 valence electrons. The number of ether oxygens (including phenoxy) is 1. The molecule has 0 aromatic carbocycles. The van der Waals surface area contributed by atoms with Crippen LogP contribution in [0.25, 0.3) is 11.2 Å². The van der Waals surface area contributed by atoms with Crippen LogP contribution in [0, 0.1) is 5.41 Å². The van der Waals surface area contributed by atoms with E-state index in [1.54, 1.807) is 17.9 Å². The van der Waals surface area contributed by atoms with E-state index in [9.17, 15) is 0 Å². The Morgan fingerprint density at radius 1 is 1.43 bits per heavy atom. The Hall–Kier alpha value is -1.85. The minimum atomic E-state index is 0.132. The summed E-state index contributed by atoms with van der Waals surface area (Å²) < 4.78 is 8.53. The molecule has 0 saturated carbocycles. The second-order valence-electron chi connectivity index (χ2n) is 3.03. The van der Waals surface area contributed by atoms with Gasteiger partial charge in [-0.05, 0) is 0 Å². The minimum Gasteiger partial charge on any atom is -0.479 e. The smallest absolute Gasteiger partial charge is 0.244 e. The number of aromatic nitrogens is 4. The third kappa shape index (κ3) is 1.00. The Morgan fingerprint density at radius 2 is 2.14 bits per heavy atom. The first kappa shape index (κ1) is 8.74. The van der Waals surface area contributed by atoms with E-state index in [-0.39, 0.29) is 5.62 Å². The molecule has 0 atom stereocenters. The maximum absolute atomic E-state index is 7.58. The quantitative estimate of drug-likeness (QED) is 0.681. The second-order valence-corrected chi connectivity index (χ2v) is 3.03. The molecule has 6 nitrogen and oxygen atoms in total. The molecule has 2 aromatic rings. The fraction of sp³-hybridized carbons (Fsp3) is 0.375. The van der Waals surface area contributed by atoms with Gasteiger partial charge in [-0.2, -0.15) is 4.98 Å². The van der Waals surface area contributed by atoms with Crippen LogP contribution in [-0.4, -0.2) is 26.2 Å². The standard InChI is InChI=1S/C8H11N5O/c1-12-4-10-6-5(12)7(14-3)11-8(9)13(6)2/h4,9H,1-3H3. The van der Waals surface area contributed by atoms with Gasteiger partial charge in [-0.15, -0.1) is 0 Å². The third-order valence-corrected chi connectivity index (χ3v) is 2.16. The Balaban J connectivity index is 3.00. The molecule has 6 heteroatoms. The van der Waals surface area contributed by atoms with Gasteiger partial charge >= 0.3 is 0 Å². The lowest BCUT2D eigenvalue weighted by Crippen LogP contribution is -2.21. The van der Waals surface area contributed by atoms with Gasteiger partial charge in [0.2, 0.25) is 11.5 Å².